The van der Waals surface area contributed by atoms with Crippen LogP contribution in [0.15, 0.2) is 28.3 Å². The first-order valence-electron chi connectivity index (χ1n) is 6.22. The van der Waals surface area contributed by atoms with Crippen molar-refractivity contribution in [3.63, 3.8) is 0 Å². The van der Waals surface area contributed by atoms with E-state index in [2.05, 4.69) is 58.5 Å². The molecule has 0 aliphatic heterocycles. The van der Waals surface area contributed by atoms with Gasteiger partial charge in [0.25, 0.3) is 0 Å². The highest BCUT2D eigenvalue weighted by atomic mass is 79.9. The molecule has 0 amide bonds. The van der Waals surface area contributed by atoms with Crippen LogP contribution in [-0.4, -0.2) is 16.3 Å². The quantitative estimate of drug-likeness (QED) is 0.878. The van der Waals surface area contributed by atoms with E-state index in [4.69, 9.17) is 0 Å². The number of likely N-dealkylation sites (N-methyl/N-ethyl adjacent to an activating group) is 1. The summed E-state index contributed by atoms with van der Waals surface area (Å²) in [6.07, 6.45) is 5.09. The zero-order valence-corrected chi connectivity index (χ0v) is 13.1. The Morgan fingerprint density at radius 1 is 1.44 bits per heavy atom. The molecular formula is C13H18BrN3S. The van der Waals surface area contributed by atoms with Crippen molar-refractivity contribution in [2.24, 2.45) is 0 Å². The Hall–Kier alpha value is -0.650. The molecule has 3 nitrogen and oxygen atoms in total. The van der Waals surface area contributed by atoms with Crippen LogP contribution in [0.3, 0.4) is 0 Å². The molecule has 1 atom stereocenters. The van der Waals surface area contributed by atoms with E-state index < -0.39 is 0 Å². The fourth-order valence-electron chi connectivity index (χ4n) is 1.96. The smallest absolute Gasteiger partial charge is 0.0701 e. The Morgan fingerprint density at radius 2 is 2.28 bits per heavy atom. The van der Waals surface area contributed by atoms with Gasteiger partial charge in [-0.15, -0.1) is 11.3 Å². The van der Waals surface area contributed by atoms with E-state index in [-0.39, 0.29) is 0 Å². The van der Waals surface area contributed by atoms with Gasteiger partial charge in [0.05, 0.1) is 9.98 Å². The Labute approximate surface area is 120 Å². The number of aromatic nitrogens is 2. The summed E-state index contributed by atoms with van der Waals surface area (Å²) in [5.41, 5.74) is 1.28. The van der Waals surface area contributed by atoms with Gasteiger partial charge in [-0.2, -0.15) is 5.10 Å². The average Bonchev–Trinajstić information content (AvgIpc) is 2.97. The molecule has 98 valence electrons. The van der Waals surface area contributed by atoms with Crippen molar-refractivity contribution in [1.29, 1.82) is 0 Å². The van der Waals surface area contributed by atoms with Crippen LogP contribution < -0.4 is 5.32 Å². The Morgan fingerprint density at radius 3 is 2.83 bits per heavy atom. The number of nitrogens with one attached hydrogen (secondary N) is 1. The zero-order chi connectivity index (χ0) is 13.0. The van der Waals surface area contributed by atoms with Crippen molar-refractivity contribution in [3.8, 4) is 0 Å². The maximum Gasteiger partial charge on any atom is 0.0701 e. The van der Waals surface area contributed by atoms with E-state index in [1.807, 2.05) is 10.9 Å². The molecular weight excluding hydrogens is 310 g/mol. The van der Waals surface area contributed by atoms with Gasteiger partial charge in [0.15, 0.2) is 0 Å². The minimum atomic E-state index is 0.376. The summed E-state index contributed by atoms with van der Waals surface area (Å²) in [6.45, 7) is 6.15. The second-order valence-electron chi connectivity index (χ2n) is 4.16. The molecule has 0 radical (unpaired) electrons. The lowest BCUT2D eigenvalue weighted by atomic mass is 10.1. The number of aryl methyl sites for hydroxylation is 1. The van der Waals surface area contributed by atoms with Gasteiger partial charge in [0, 0.05) is 23.7 Å². The molecule has 0 aliphatic rings. The normalized spacial score (nSPS) is 12.8. The third-order valence-corrected chi connectivity index (χ3v) is 4.58. The molecule has 2 aromatic rings. The van der Waals surface area contributed by atoms with E-state index in [1.165, 1.54) is 14.2 Å². The molecule has 0 fully saturated rings. The summed E-state index contributed by atoms with van der Waals surface area (Å²) in [5, 5.41) is 7.87. The van der Waals surface area contributed by atoms with Gasteiger partial charge in [-0.3, -0.25) is 4.68 Å². The number of rotatable bonds is 6. The molecule has 0 bridgehead atoms. The average molecular weight is 328 g/mol. The molecule has 0 aliphatic carbocycles. The lowest BCUT2D eigenvalue weighted by Gasteiger charge is -2.15. The summed E-state index contributed by atoms with van der Waals surface area (Å²) < 4.78 is 3.16. The minimum absolute atomic E-state index is 0.376. The summed E-state index contributed by atoms with van der Waals surface area (Å²) in [5.74, 6) is 0. The molecule has 18 heavy (non-hydrogen) atoms. The summed E-state index contributed by atoms with van der Waals surface area (Å²) in [6, 6.07) is 4.67. The SMILES string of the molecule is CCNC(Cc1cnn(CC)c1)c1ccc(Br)s1. The van der Waals surface area contributed by atoms with E-state index >= 15 is 0 Å². The first-order valence-corrected chi connectivity index (χ1v) is 7.83. The molecule has 5 heteroatoms. The number of nitrogens with zero attached hydrogens (tertiary/aromatic N) is 2. The molecule has 0 saturated heterocycles. The second-order valence-corrected chi connectivity index (χ2v) is 6.66. The van der Waals surface area contributed by atoms with Crippen LogP contribution in [0.25, 0.3) is 0 Å². The Bertz CT molecular complexity index is 492. The number of hydrogen-bond acceptors (Lipinski definition) is 3. The van der Waals surface area contributed by atoms with Crippen LogP contribution in [0, 0.1) is 0 Å². The minimum Gasteiger partial charge on any atom is -0.309 e. The van der Waals surface area contributed by atoms with Crippen molar-refractivity contribution in [3.05, 3.63) is 38.8 Å². The molecule has 1 N–H and O–H groups in total. The largest absolute Gasteiger partial charge is 0.309 e. The summed E-state index contributed by atoms with van der Waals surface area (Å²) >= 11 is 5.32. The lowest BCUT2D eigenvalue weighted by Crippen LogP contribution is -2.21. The van der Waals surface area contributed by atoms with Crippen LogP contribution in [-0.2, 0) is 13.0 Å². The number of hydrogen-bond donors (Lipinski definition) is 1. The fourth-order valence-corrected chi connectivity index (χ4v) is 3.45. The summed E-state index contributed by atoms with van der Waals surface area (Å²) in [7, 11) is 0. The fraction of sp³-hybridized carbons (Fsp3) is 0.462. The van der Waals surface area contributed by atoms with Crippen molar-refractivity contribution in [2.45, 2.75) is 32.9 Å². The first kappa shape index (κ1) is 13.8. The maximum absolute atomic E-state index is 4.33. The lowest BCUT2D eigenvalue weighted by molar-refractivity contribution is 0.557. The highest BCUT2D eigenvalue weighted by Gasteiger charge is 2.14. The van der Waals surface area contributed by atoms with Crippen LogP contribution >= 0.6 is 27.3 Å². The standard InChI is InChI=1S/C13H18BrN3S/c1-3-15-11(12-5-6-13(14)18-12)7-10-8-16-17(4-2)9-10/h5-6,8-9,11,15H,3-4,7H2,1-2H3. The third kappa shape index (κ3) is 3.43. The van der Waals surface area contributed by atoms with Crippen LogP contribution in [0.5, 0.6) is 0 Å². The van der Waals surface area contributed by atoms with Crippen molar-refractivity contribution < 1.29 is 0 Å². The van der Waals surface area contributed by atoms with Crippen molar-refractivity contribution >= 4 is 27.3 Å². The Kier molecular flexibility index (Phi) is 4.97. The molecule has 2 aromatic heterocycles. The van der Waals surface area contributed by atoms with Crippen LogP contribution in [0.1, 0.15) is 30.3 Å². The number of thiophene rings is 1. The molecule has 0 saturated carbocycles. The predicted molar refractivity (Wildman–Crippen MR) is 80.0 cm³/mol. The van der Waals surface area contributed by atoms with Crippen LogP contribution in [0.4, 0.5) is 0 Å². The molecule has 1 unspecified atom stereocenters. The van der Waals surface area contributed by atoms with Crippen LogP contribution in [0.2, 0.25) is 0 Å². The molecule has 2 heterocycles. The van der Waals surface area contributed by atoms with Gasteiger partial charge in [-0.25, -0.2) is 0 Å². The van der Waals surface area contributed by atoms with E-state index in [1.54, 1.807) is 11.3 Å². The van der Waals surface area contributed by atoms with Crippen molar-refractivity contribution in [1.82, 2.24) is 15.1 Å². The van der Waals surface area contributed by atoms with Gasteiger partial charge >= 0.3 is 0 Å². The maximum atomic E-state index is 4.33. The molecule has 0 aromatic carbocycles. The van der Waals surface area contributed by atoms with Gasteiger partial charge in [-0.1, -0.05) is 6.92 Å². The van der Waals surface area contributed by atoms with Gasteiger partial charge in [0.2, 0.25) is 0 Å². The highest BCUT2D eigenvalue weighted by Crippen LogP contribution is 2.29. The van der Waals surface area contributed by atoms with Gasteiger partial charge in [-0.05, 0) is 53.5 Å². The van der Waals surface area contributed by atoms with E-state index in [0.717, 1.165) is 19.5 Å². The molecule has 2 rings (SSSR count). The van der Waals surface area contributed by atoms with Gasteiger partial charge < -0.3 is 5.32 Å². The first-order chi connectivity index (χ1) is 8.72. The topological polar surface area (TPSA) is 29.9 Å². The van der Waals surface area contributed by atoms with Gasteiger partial charge in [0.1, 0.15) is 0 Å². The second kappa shape index (κ2) is 6.50. The van der Waals surface area contributed by atoms with E-state index in [0.29, 0.717) is 6.04 Å². The Balaban J connectivity index is 2.10. The highest BCUT2D eigenvalue weighted by molar-refractivity contribution is 9.11. The van der Waals surface area contributed by atoms with E-state index in [9.17, 15) is 0 Å². The summed E-state index contributed by atoms with van der Waals surface area (Å²) in [4.78, 5) is 1.37. The zero-order valence-electron chi connectivity index (χ0n) is 10.7. The number of halogens is 1. The van der Waals surface area contributed by atoms with Crippen molar-refractivity contribution in [2.75, 3.05) is 6.54 Å². The molecule has 0 spiro atoms. The monoisotopic (exact) mass is 327 g/mol. The third-order valence-electron chi connectivity index (χ3n) is 2.84. The predicted octanol–water partition coefficient (Wildman–Crippen LogP) is 3.62.